The predicted molar refractivity (Wildman–Crippen MR) is 126 cm³/mol. The van der Waals surface area contributed by atoms with Crippen LogP contribution in [0.15, 0.2) is 71.1 Å². The van der Waals surface area contributed by atoms with Gasteiger partial charge in [-0.1, -0.05) is 30.0 Å². The van der Waals surface area contributed by atoms with E-state index in [4.69, 9.17) is 10.7 Å². The van der Waals surface area contributed by atoms with Crippen LogP contribution in [0.4, 0.5) is 5.69 Å². The number of aromatic nitrogens is 4. The summed E-state index contributed by atoms with van der Waals surface area (Å²) in [6.45, 7) is 2.13. The van der Waals surface area contributed by atoms with Crippen LogP contribution in [0.3, 0.4) is 0 Å². The zero-order valence-electron chi connectivity index (χ0n) is 16.8. The van der Waals surface area contributed by atoms with E-state index in [1.54, 1.807) is 24.2 Å². The summed E-state index contributed by atoms with van der Waals surface area (Å²) in [6, 6.07) is 14.0. The number of nitrogens with zero attached hydrogens (tertiary/aromatic N) is 4. The van der Waals surface area contributed by atoms with Gasteiger partial charge in [0.1, 0.15) is 0 Å². The molecule has 3 aromatic heterocycles. The van der Waals surface area contributed by atoms with E-state index in [0.717, 1.165) is 45.4 Å². The maximum Gasteiger partial charge on any atom is 0.187 e. The highest BCUT2D eigenvalue weighted by Crippen LogP contribution is 2.27. The SMILES string of the molecule is Cc1c(SCCCSc2ncccn2)ccnc1Cc1nc2ccccc2cc1N. The molecule has 0 saturated heterocycles. The van der Waals surface area contributed by atoms with E-state index in [9.17, 15) is 0 Å². The van der Waals surface area contributed by atoms with Crippen molar-refractivity contribution in [2.75, 3.05) is 17.2 Å². The highest BCUT2D eigenvalue weighted by molar-refractivity contribution is 8.00. The maximum absolute atomic E-state index is 6.28. The topological polar surface area (TPSA) is 77.6 Å². The number of anilines is 1. The fourth-order valence-electron chi connectivity index (χ4n) is 3.13. The van der Waals surface area contributed by atoms with Gasteiger partial charge in [0, 0.05) is 41.0 Å². The summed E-state index contributed by atoms with van der Waals surface area (Å²) in [6.07, 6.45) is 7.17. The molecule has 7 heteroatoms. The molecule has 0 saturated carbocycles. The molecule has 5 nitrogen and oxygen atoms in total. The predicted octanol–water partition coefficient (Wildman–Crippen LogP) is 5.18. The number of thioether (sulfide) groups is 2. The lowest BCUT2D eigenvalue weighted by molar-refractivity contribution is 0.961. The number of fused-ring (bicyclic) bond motifs is 1. The first kappa shape index (κ1) is 20.6. The molecular formula is C23H23N5S2. The van der Waals surface area contributed by atoms with Crippen LogP contribution in [0.2, 0.25) is 0 Å². The Bertz CT molecular complexity index is 1130. The average Bonchev–Trinajstić information content (AvgIpc) is 2.77. The largest absolute Gasteiger partial charge is 0.397 e. The van der Waals surface area contributed by atoms with Crippen LogP contribution in [-0.2, 0) is 6.42 Å². The Morgan fingerprint density at radius 2 is 1.67 bits per heavy atom. The molecule has 2 N–H and O–H groups in total. The summed E-state index contributed by atoms with van der Waals surface area (Å²) < 4.78 is 0. The summed E-state index contributed by atoms with van der Waals surface area (Å²) in [5.41, 5.74) is 11.1. The molecule has 0 atom stereocenters. The van der Waals surface area contributed by atoms with Gasteiger partial charge in [0.25, 0.3) is 0 Å². The molecule has 0 aliphatic carbocycles. The van der Waals surface area contributed by atoms with Gasteiger partial charge in [-0.3, -0.25) is 9.97 Å². The Hall–Kier alpha value is -2.64. The first-order chi connectivity index (χ1) is 14.7. The van der Waals surface area contributed by atoms with Gasteiger partial charge in [-0.2, -0.15) is 0 Å². The summed E-state index contributed by atoms with van der Waals surface area (Å²) in [5.74, 6) is 2.05. The van der Waals surface area contributed by atoms with Crippen molar-refractivity contribution in [1.29, 1.82) is 0 Å². The van der Waals surface area contributed by atoms with E-state index in [1.807, 2.05) is 54.4 Å². The van der Waals surface area contributed by atoms with Crippen LogP contribution < -0.4 is 5.73 Å². The molecule has 4 aromatic rings. The van der Waals surface area contributed by atoms with Gasteiger partial charge in [0.2, 0.25) is 0 Å². The van der Waals surface area contributed by atoms with E-state index < -0.39 is 0 Å². The van der Waals surface area contributed by atoms with Crippen LogP contribution >= 0.6 is 23.5 Å². The third kappa shape index (κ3) is 5.09. The van der Waals surface area contributed by atoms with Crippen molar-refractivity contribution in [3.8, 4) is 0 Å². The highest BCUT2D eigenvalue weighted by atomic mass is 32.2. The quantitative estimate of drug-likeness (QED) is 0.233. The second-order valence-corrected chi connectivity index (χ2v) is 9.06. The van der Waals surface area contributed by atoms with E-state index in [-0.39, 0.29) is 0 Å². The Morgan fingerprint density at radius 1 is 0.867 bits per heavy atom. The van der Waals surface area contributed by atoms with Crippen molar-refractivity contribution in [1.82, 2.24) is 19.9 Å². The van der Waals surface area contributed by atoms with Crippen LogP contribution in [0.1, 0.15) is 23.4 Å². The maximum atomic E-state index is 6.28. The number of pyridine rings is 2. The van der Waals surface area contributed by atoms with Crippen LogP contribution in [0, 0.1) is 6.92 Å². The minimum absolute atomic E-state index is 0.637. The van der Waals surface area contributed by atoms with Gasteiger partial charge in [-0.25, -0.2) is 9.97 Å². The summed E-state index contributed by atoms with van der Waals surface area (Å²) in [7, 11) is 0. The van der Waals surface area contributed by atoms with Crippen molar-refractivity contribution in [2.24, 2.45) is 0 Å². The van der Waals surface area contributed by atoms with Crippen LogP contribution in [-0.4, -0.2) is 31.4 Å². The van der Waals surface area contributed by atoms with Crippen LogP contribution in [0.25, 0.3) is 10.9 Å². The number of benzene rings is 1. The first-order valence-corrected chi connectivity index (χ1v) is 11.8. The van der Waals surface area contributed by atoms with Crippen molar-refractivity contribution in [3.05, 3.63) is 78.0 Å². The lowest BCUT2D eigenvalue weighted by atomic mass is 10.1. The molecule has 30 heavy (non-hydrogen) atoms. The van der Waals surface area contributed by atoms with Gasteiger partial charge < -0.3 is 5.73 Å². The third-order valence-corrected chi connectivity index (χ3v) is 6.96. The molecule has 0 aliphatic rings. The molecule has 0 bridgehead atoms. The molecule has 0 unspecified atom stereocenters. The molecule has 0 radical (unpaired) electrons. The van der Waals surface area contributed by atoms with Gasteiger partial charge in [-0.05, 0) is 48.9 Å². The lowest BCUT2D eigenvalue weighted by Crippen LogP contribution is -2.03. The number of rotatable bonds is 8. The standard InChI is InChI=1S/C23H23N5S2/c1-16-20(15-21-18(24)14-17-6-2-3-7-19(17)28-21)25-11-8-22(16)29-12-5-13-30-23-26-9-4-10-27-23/h2-4,6-11,14H,5,12-13,15,24H2,1H3. The van der Waals surface area contributed by atoms with Gasteiger partial charge in [0.15, 0.2) is 5.16 Å². The highest BCUT2D eigenvalue weighted by Gasteiger charge is 2.11. The lowest BCUT2D eigenvalue weighted by Gasteiger charge is -2.12. The van der Waals surface area contributed by atoms with E-state index in [2.05, 4.69) is 27.9 Å². The second-order valence-electron chi connectivity index (χ2n) is 6.86. The monoisotopic (exact) mass is 433 g/mol. The van der Waals surface area contributed by atoms with E-state index >= 15 is 0 Å². The Labute approximate surface area is 185 Å². The third-order valence-electron chi connectivity index (χ3n) is 4.75. The first-order valence-electron chi connectivity index (χ1n) is 9.82. The van der Waals surface area contributed by atoms with E-state index in [1.165, 1.54) is 10.5 Å². The van der Waals surface area contributed by atoms with Gasteiger partial charge >= 0.3 is 0 Å². The normalized spacial score (nSPS) is 11.1. The average molecular weight is 434 g/mol. The number of para-hydroxylation sites is 1. The summed E-state index contributed by atoms with van der Waals surface area (Å²) >= 11 is 3.56. The molecule has 0 fully saturated rings. The van der Waals surface area contributed by atoms with Crippen molar-refractivity contribution >= 4 is 40.1 Å². The molecule has 0 amide bonds. The molecular weight excluding hydrogens is 410 g/mol. The Balaban J connectivity index is 1.39. The molecule has 152 valence electrons. The van der Waals surface area contributed by atoms with E-state index in [0.29, 0.717) is 12.1 Å². The molecule has 3 heterocycles. The van der Waals surface area contributed by atoms with Gasteiger partial charge in [0.05, 0.1) is 22.6 Å². The van der Waals surface area contributed by atoms with Crippen LogP contribution in [0.5, 0.6) is 0 Å². The second kappa shape index (κ2) is 9.91. The number of nitrogen functional groups attached to an aromatic ring is 1. The zero-order chi connectivity index (χ0) is 20.8. The van der Waals surface area contributed by atoms with Gasteiger partial charge in [-0.15, -0.1) is 11.8 Å². The molecule has 4 rings (SSSR count). The molecule has 0 aliphatic heterocycles. The molecule has 0 spiro atoms. The minimum atomic E-state index is 0.637. The minimum Gasteiger partial charge on any atom is -0.397 e. The fourth-order valence-corrected chi connectivity index (χ4v) is 5.06. The summed E-state index contributed by atoms with van der Waals surface area (Å²) in [4.78, 5) is 19.1. The van der Waals surface area contributed by atoms with Crippen molar-refractivity contribution in [3.63, 3.8) is 0 Å². The zero-order valence-corrected chi connectivity index (χ0v) is 18.4. The number of hydrogen-bond acceptors (Lipinski definition) is 7. The van der Waals surface area contributed by atoms with Crippen molar-refractivity contribution in [2.45, 2.75) is 29.8 Å². The Morgan fingerprint density at radius 3 is 2.53 bits per heavy atom. The smallest absolute Gasteiger partial charge is 0.187 e. The number of nitrogens with two attached hydrogens (primary N) is 1. The molecule has 1 aromatic carbocycles. The van der Waals surface area contributed by atoms with Crippen molar-refractivity contribution < 1.29 is 0 Å². The number of hydrogen-bond donors (Lipinski definition) is 1. The Kier molecular flexibility index (Phi) is 6.81. The summed E-state index contributed by atoms with van der Waals surface area (Å²) in [5, 5.41) is 1.90. The fraction of sp³-hybridized carbons (Fsp3) is 0.217.